The van der Waals surface area contributed by atoms with Crippen LogP contribution in [0, 0.1) is 5.82 Å². The molecule has 0 fully saturated rings. The van der Waals surface area contributed by atoms with Gasteiger partial charge in [-0.25, -0.2) is 4.39 Å². The smallest absolute Gasteiger partial charge is 0.221 e. The van der Waals surface area contributed by atoms with Crippen LogP contribution in [0.4, 0.5) is 4.39 Å². The second-order valence-electron chi connectivity index (χ2n) is 4.21. The molecule has 1 aromatic heterocycles. The van der Waals surface area contributed by atoms with Gasteiger partial charge < -0.3 is 10.6 Å². The molecule has 5 heteroatoms. The fraction of sp³-hybridized carbons (Fsp3) is 0.538. The number of carbonyl (C=O) groups excluding carboxylic acids is 1. The molecular weight excluding hydrogens is 233 g/mol. The minimum atomic E-state index is -0.346. The zero-order chi connectivity index (χ0) is 13.4. The van der Waals surface area contributed by atoms with Crippen LogP contribution >= 0.6 is 0 Å². The van der Waals surface area contributed by atoms with Crippen LogP contribution in [-0.4, -0.2) is 24.0 Å². The average Bonchev–Trinajstić information content (AvgIpc) is 2.36. The Bertz CT molecular complexity index is 384. The van der Waals surface area contributed by atoms with Crippen LogP contribution in [0.5, 0.6) is 0 Å². The number of aromatic nitrogens is 1. The van der Waals surface area contributed by atoms with Gasteiger partial charge in [0, 0.05) is 31.7 Å². The maximum Gasteiger partial charge on any atom is 0.221 e. The molecule has 0 spiro atoms. The minimum Gasteiger partial charge on any atom is -0.356 e. The Morgan fingerprint density at radius 3 is 2.89 bits per heavy atom. The molecule has 0 bridgehead atoms. The minimum absolute atomic E-state index is 0.0211. The van der Waals surface area contributed by atoms with E-state index < -0.39 is 0 Å². The quantitative estimate of drug-likeness (QED) is 0.779. The van der Waals surface area contributed by atoms with Crippen molar-refractivity contribution in [2.45, 2.75) is 32.7 Å². The van der Waals surface area contributed by atoms with E-state index in [-0.39, 0.29) is 17.8 Å². The molecule has 1 atom stereocenters. The van der Waals surface area contributed by atoms with E-state index in [1.165, 1.54) is 12.3 Å². The Kier molecular flexibility index (Phi) is 6.28. The van der Waals surface area contributed by atoms with Crippen LogP contribution in [0.1, 0.15) is 38.3 Å². The maximum absolute atomic E-state index is 13.0. The van der Waals surface area contributed by atoms with Gasteiger partial charge in [0.1, 0.15) is 5.82 Å². The van der Waals surface area contributed by atoms with Crippen molar-refractivity contribution in [1.29, 1.82) is 0 Å². The summed E-state index contributed by atoms with van der Waals surface area (Å²) in [7, 11) is 0. The summed E-state index contributed by atoms with van der Waals surface area (Å²) in [6.45, 7) is 5.20. The van der Waals surface area contributed by atoms with E-state index in [9.17, 15) is 9.18 Å². The summed E-state index contributed by atoms with van der Waals surface area (Å²) in [4.78, 5) is 15.1. The van der Waals surface area contributed by atoms with Gasteiger partial charge in [-0.05, 0) is 25.0 Å². The molecule has 0 saturated carbocycles. The fourth-order valence-electron chi connectivity index (χ4n) is 1.54. The third-order valence-corrected chi connectivity index (χ3v) is 2.60. The Morgan fingerprint density at radius 1 is 1.44 bits per heavy atom. The zero-order valence-electron chi connectivity index (χ0n) is 10.9. The summed E-state index contributed by atoms with van der Waals surface area (Å²) >= 11 is 0. The van der Waals surface area contributed by atoms with E-state index in [0.29, 0.717) is 19.5 Å². The van der Waals surface area contributed by atoms with Gasteiger partial charge in [-0.1, -0.05) is 6.92 Å². The van der Waals surface area contributed by atoms with Crippen molar-refractivity contribution in [2.75, 3.05) is 13.1 Å². The van der Waals surface area contributed by atoms with Crippen LogP contribution < -0.4 is 10.6 Å². The predicted molar refractivity (Wildman–Crippen MR) is 68.5 cm³/mol. The summed E-state index contributed by atoms with van der Waals surface area (Å²) in [5.41, 5.74) is 0.781. The Labute approximate surface area is 107 Å². The first-order valence-corrected chi connectivity index (χ1v) is 6.24. The van der Waals surface area contributed by atoms with Crippen molar-refractivity contribution >= 4 is 5.91 Å². The summed E-state index contributed by atoms with van der Waals surface area (Å²) in [5, 5.41) is 5.97. The van der Waals surface area contributed by atoms with Crippen molar-refractivity contribution in [3.63, 3.8) is 0 Å². The highest BCUT2D eigenvalue weighted by Gasteiger charge is 2.07. The second kappa shape index (κ2) is 7.76. The lowest BCUT2D eigenvalue weighted by Crippen LogP contribution is -2.29. The highest BCUT2D eigenvalue weighted by Crippen LogP contribution is 2.11. The number of halogens is 1. The van der Waals surface area contributed by atoms with Crippen molar-refractivity contribution in [3.8, 4) is 0 Å². The average molecular weight is 253 g/mol. The third kappa shape index (κ3) is 5.23. The standard InChI is InChI=1S/C13H20FN3O/c1-3-5-17-13(18)4-6-16-10(2)11-7-12(14)9-15-8-11/h7-10,16H,3-6H2,1-2H3,(H,17,18). The first-order chi connectivity index (χ1) is 8.63. The van der Waals surface area contributed by atoms with E-state index in [1.54, 1.807) is 6.20 Å². The monoisotopic (exact) mass is 253 g/mol. The highest BCUT2D eigenvalue weighted by atomic mass is 19.1. The van der Waals surface area contributed by atoms with Gasteiger partial charge in [-0.2, -0.15) is 0 Å². The molecule has 1 rings (SSSR count). The molecule has 0 aliphatic carbocycles. The molecule has 1 heterocycles. The number of pyridine rings is 1. The van der Waals surface area contributed by atoms with Crippen LogP contribution in [0.25, 0.3) is 0 Å². The molecule has 1 unspecified atom stereocenters. The van der Waals surface area contributed by atoms with Crippen molar-refractivity contribution in [1.82, 2.24) is 15.6 Å². The zero-order valence-corrected chi connectivity index (χ0v) is 10.9. The van der Waals surface area contributed by atoms with Gasteiger partial charge in [0.2, 0.25) is 5.91 Å². The predicted octanol–water partition coefficient (Wildman–Crippen LogP) is 1.79. The number of hydrogen-bond donors (Lipinski definition) is 2. The van der Waals surface area contributed by atoms with E-state index in [1.807, 2.05) is 13.8 Å². The Morgan fingerprint density at radius 2 is 2.22 bits per heavy atom. The lowest BCUT2D eigenvalue weighted by atomic mass is 10.1. The molecule has 2 N–H and O–H groups in total. The third-order valence-electron chi connectivity index (χ3n) is 2.60. The van der Waals surface area contributed by atoms with E-state index in [4.69, 9.17) is 0 Å². The van der Waals surface area contributed by atoms with Gasteiger partial charge >= 0.3 is 0 Å². The lowest BCUT2D eigenvalue weighted by Gasteiger charge is -2.13. The van der Waals surface area contributed by atoms with Gasteiger partial charge in [-0.3, -0.25) is 9.78 Å². The molecule has 1 aromatic rings. The van der Waals surface area contributed by atoms with Crippen LogP contribution in [0.2, 0.25) is 0 Å². The summed E-state index contributed by atoms with van der Waals surface area (Å²) in [6.07, 6.45) is 4.16. The normalized spacial score (nSPS) is 12.2. The number of nitrogens with zero attached hydrogens (tertiary/aromatic N) is 1. The molecule has 0 aliphatic rings. The van der Waals surface area contributed by atoms with Crippen LogP contribution in [0.15, 0.2) is 18.5 Å². The fourth-order valence-corrected chi connectivity index (χ4v) is 1.54. The van der Waals surface area contributed by atoms with Crippen molar-refractivity contribution < 1.29 is 9.18 Å². The molecule has 0 aliphatic heterocycles. The first-order valence-electron chi connectivity index (χ1n) is 6.24. The summed E-state index contributed by atoms with van der Waals surface area (Å²) < 4.78 is 13.0. The molecule has 18 heavy (non-hydrogen) atoms. The van der Waals surface area contributed by atoms with Crippen molar-refractivity contribution in [3.05, 3.63) is 29.8 Å². The van der Waals surface area contributed by atoms with Crippen molar-refractivity contribution in [2.24, 2.45) is 0 Å². The lowest BCUT2D eigenvalue weighted by molar-refractivity contribution is -0.121. The highest BCUT2D eigenvalue weighted by molar-refractivity contribution is 5.75. The topological polar surface area (TPSA) is 54.0 Å². The Balaban J connectivity index is 2.29. The van der Waals surface area contributed by atoms with E-state index in [0.717, 1.165) is 12.0 Å². The molecule has 100 valence electrons. The number of amides is 1. The van der Waals surface area contributed by atoms with Gasteiger partial charge in [0.25, 0.3) is 0 Å². The summed E-state index contributed by atoms with van der Waals surface area (Å²) in [6, 6.07) is 1.43. The molecule has 0 saturated heterocycles. The van der Waals surface area contributed by atoms with E-state index in [2.05, 4.69) is 15.6 Å². The number of rotatable bonds is 7. The largest absolute Gasteiger partial charge is 0.356 e. The molecule has 0 aromatic carbocycles. The van der Waals surface area contributed by atoms with Gasteiger partial charge in [-0.15, -0.1) is 0 Å². The molecule has 1 amide bonds. The molecular formula is C13H20FN3O. The number of carbonyl (C=O) groups is 1. The molecule has 4 nitrogen and oxygen atoms in total. The van der Waals surface area contributed by atoms with Crippen LogP contribution in [-0.2, 0) is 4.79 Å². The second-order valence-corrected chi connectivity index (χ2v) is 4.21. The Hall–Kier alpha value is -1.49. The SMILES string of the molecule is CCCNC(=O)CCNC(C)c1cncc(F)c1. The number of hydrogen-bond acceptors (Lipinski definition) is 3. The van der Waals surface area contributed by atoms with Crippen LogP contribution in [0.3, 0.4) is 0 Å². The maximum atomic E-state index is 13.0. The van der Waals surface area contributed by atoms with Gasteiger partial charge in [0.05, 0.1) is 6.20 Å². The molecule has 0 radical (unpaired) electrons. The summed E-state index contributed by atoms with van der Waals surface area (Å²) in [5.74, 6) is -0.309. The van der Waals surface area contributed by atoms with Gasteiger partial charge in [0.15, 0.2) is 0 Å². The van der Waals surface area contributed by atoms with E-state index >= 15 is 0 Å². The first kappa shape index (κ1) is 14.6. The number of nitrogens with one attached hydrogen (secondary N) is 2.